The molecule has 1 rings (SSSR count). The lowest BCUT2D eigenvalue weighted by atomic mass is 10.2. The van der Waals surface area contributed by atoms with Gasteiger partial charge in [-0.1, -0.05) is 0 Å². The van der Waals surface area contributed by atoms with Crippen LogP contribution in [0.4, 0.5) is 5.69 Å². The molecular weight excluding hydrogens is 220 g/mol. The molecule has 0 aliphatic heterocycles. The molecule has 1 aromatic carbocycles. The third-order valence-corrected chi connectivity index (χ3v) is 2.04. The van der Waals surface area contributed by atoms with Gasteiger partial charge in [0.25, 0.3) is 5.91 Å². The fraction of sp³-hybridized carbons (Fsp3) is 0.273. The van der Waals surface area contributed by atoms with Gasteiger partial charge in [0.15, 0.2) is 0 Å². The van der Waals surface area contributed by atoms with Gasteiger partial charge in [-0.3, -0.25) is 9.59 Å². The summed E-state index contributed by atoms with van der Waals surface area (Å²) in [6.07, 6.45) is 0. The second kappa shape index (κ2) is 6.49. The van der Waals surface area contributed by atoms with E-state index < -0.39 is 5.91 Å². The average molecular weight is 236 g/mol. The van der Waals surface area contributed by atoms with E-state index in [0.29, 0.717) is 18.7 Å². The van der Waals surface area contributed by atoms with E-state index in [-0.39, 0.29) is 12.5 Å². The smallest absolute Gasteiger partial charge is 0.251 e. The summed E-state index contributed by atoms with van der Waals surface area (Å²) in [5.74, 6) is -0.605. The van der Waals surface area contributed by atoms with E-state index >= 15 is 0 Å². The molecule has 0 fully saturated rings. The molecule has 17 heavy (non-hydrogen) atoms. The predicted molar refractivity (Wildman–Crippen MR) is 65.5 cm³/mol. The van der Waals surface area contributed by atoms with Crippen molar-refractivity contribution in [2.75, 3.05) is 25.0 Å². The predicted octanol–water partition coefficient (Wildman–Crippen LogP) is -0.728. The molecule has 92 valence electrons. The van der Waals surface area contributed by atoms with Gasteiger partial charge in [-0.2, -0.15) is 0 Å². The standard InChI is InChI=1S/C11H16N4O2/c12-5-6-14-11(17)8-1-3-9(4-2-8)15-7-10(13)16/h1-4,15H,5-7,12H2,(H2,13,16)(H,14,17). The number of nitrogens with one attached hydrogen (secondary N) is 2. The van der Waals surface area contributed by atoms with Crippen LogP contribution in [0, 0.1) is 0 Å². The van der Waals surface area contributed by atoms with Gasteiger partial charge in [0.1, 0.15) is 0 Å². The van der Waals surface area contributed by atoms with Crippen LogP contribution in [0.3, 0.4) is 0 Å². The van der Waals surface area contributed by atoms with Crippen LogP contribution in [0.15, 0.2) is 24.3 Å². The van der Waals surface area contributed by atoms with E-state index in [1.807, 2.05) is 0 Å². The minimum absolute atomic E-state index is 0.0682. The topological polar surface area (TPSA) is 110 Å². The zero-order valence-electron chi connectivity index (χ0n) is 9.40. The molecule has 0 radical (unpaired) electrons. The minimum Gasteiger partial charge on any atom is -0.376 e. The zero-order valence-corrected chi connectivity index (χ0v) is 9.40. The van der Waals surface area contributed by atoms with Crippen molar-refractivity contribution in [1.29, 1.82) is 0 Å². The second-order valence-corrected chi connectivity index (χ2v) is 3.44. The van der Waals surface area contributed by atoms with E-state index in [2.05, 4.69) is 10.6 Å². The van der Waals surface area contributed by atoms with Crippen LogP contribution in [-0.2, 0) is 4.79 Å². The van der Waals surface area contributed by atoms with E-state index in [0.717, 1.165) is 5.69 Å². The first kappa shape index (κ1) is 13.0. The molecule has 0 aliphatic rings. The number of hydrogen-bond donors (Lipinski definition) is 4. The fourth-order valence-corrected chi connectivity index (χ4v) is 1.22. The summed E-state index contributed by atoms with van der Waals surface area (Å²) < 4.78 is 0. The van der Waals surface area contributed by atoms with Crippen LogP contribution in [0.2, 0.25) is 0 Å². The lowest BCUT2D eigenvalue weighted by Crippen LogP contribution is -2.28. The Kier molecular flexibility index (Phi) is 4.96. The Balaban J connectivity index is 2.55. The Hall–Kier alpha value is -2.08. The molecule has 0 heterocycles. The molecule has 0 bridgehead atoms. The van der Waals surface area contributed by atoms with Crippen LogP contribution in [0.25, 0.3) is 0 Å². The van der Waals surface area contributed by atoms with Crippen molar-refractivity contribution in [3.05, 3.63) is 29.8 Å². The first-order valence-corrected chi connectivity index (χ1v) is 5.24. The first-order valence-electron chi connectivity index (χ1n) is 5.24. The molecule has 0 atom stereocenters. The normalized spacial score (nSPS) is 9.71. The maximum Gasteiger partial charge on any atom is 0.251 e. The van der Waals surface area contributed by atoms with E-state index in [1.165, 1.54) is 0 Å². The number of carbonyl (C=O) groups is 2. The Morgan fingerprint density at radius 2 is 1.82 bits per heavy atom. The Labute approximate surface area is 99.4 Å². The highest BCUT2D eigenvalue weighted by molar-refractivity contribution is 5.94. The van der Waals surface area contributed by atoms with Crippen molar-refractivity contribution in [3.8, 4) is 0 Å². The summed E-state index contributed by atoms with van der Waals surface area (Å²) in [5, 5.41) is 5.49. The van der Waals surface area contributed by atoms with Crippen molar-refractivity contribution < 1.29 is 9.59 Å². The summed E-state index contributed by atoms with van der Waals surface area (Å²) >= 11 is 0. The van der Waals surface area contributed by atoms with Crippen molar-refractivity contribution >= 4 is 17.5 Å². The lowest BCUT2D eigenvalue weighted by molar-refractivity contribution is -0.116. The molecular formula is C11H16N4O2. The van der Waals surface area contributed by atoms with Gasteiger partial charge in [-0.05, 0) is 24.3 Å². The lowest BCUT2D eigenvalue weighted by Gasteiger charge is -2.06. The number of amides is 2. The summed E-state index contributed by atoms with van der Waals surface area (Å²) in [6.45, 7) is 0.920. The maximum atomic E-state index is 11.5. The summed E-state index contributed by atoms with van der Waals surface area (Å²) in [5.41, 5.74) is 11.6. The Morgan fingerprint density at radius 3 is 2.35 bits per heavy atom. The van der Waals surface area contributed by atoms with Gasteiger partial charge in [0.2, 0.25) is 5.91 Å². The van der Waals surface area contributed by atoms with Crippen molar-refractivity contribution in [2.24, 2.45) is 11.5 Å². The molecule has 0 aromatic heterocycles. The average Bonchev–Trinajstić information content (AvgIpc) is 2.34. The molecule has 6 heteroatoms. The van der Waals surface area contributed by atoms with Crippen molar-refractivity contribution in [1.82, 2.24) is 5.32 Å². The van der Waals surface area contributed by atoms with E-state index in [9.17, 15) is 9.59 Å². The van der Waals surface area contributed by atoms with Crippen LogP contribution >= 0.6 is 0 Å². The number of anilines is 1. The number of hydrogen-bond acceptors (Lipinski definition) is 4. The van der Waals surface area contributed by atoms with Crippen LogP contribution < -0.4 is 22.1 Å². The molecule has 0 spiro atoms. The highest BCUT2D eigenvalue weighted by atomic mass is 16.2. The fourth-order valence-electron chi connectivity index (χ4n) is 1.22. The number of nitrogens with two attached hydrogens (primary N) is 2. The first-order chi connectivity index (χ1) is 8.13. The van der Waals surface area contributed by atoms with Gasteiger partial charge < -0.3 is 22.1 Å². The monoisotopic (exact) mass is 236 g/mol. The maximum absolute atomic E-state index is 11.5. The van der Waals surface area contributed by atoms with Crippen LogP contribution in [-0.4, -0.2) is 31.4 Å². The summed E-state index contributed by atoms with van der Waals surface area (Å²) in [4.78, 5) is 22.1. The largest absolute Gasteiger partial charge is 0.376 e. The molecule has 0 saturated carbocycles. The quantitative estimate of drug-likeness (QED) is 0.522. The summed E-state index contributed by atoms with van der Waals surface area (Å²) in [7, 11) is 0. The zero-order chi connectivity index (χ0) is 12.7. The highest BCUT2D eigenvalue weighted by Crippen LogP contribution is 2.08. The van der Waals surface area contributed by atoms with Crippen molar-refractivity contribution in [3.63, 3.8) is 0 Å². The van der Waals surface area contributed by atoms with Gasteiger partial charge in [-0.15, -0.1) is 0 Å². The van der Waals surface area contributed by atoms with E-state index in [4.69, 9.17) is 11.5 Å². The van der Waals surface area contributed by atoms with Crippen molar-refractivity contribution in [2.45, 2.75) is 0 Å². The van der Waals surface area contributed by atoms with Gasteiger partial charge >= 0.3 is 0 Å². The third kappa shape index (κ3) is 4.52. The molecule has 6 N–H and O–H groups in total. The number of benzene rings is 1. The molecule has 6 nitrogen and oxygen atoms in total. The van der Waals surface area contributed by atoms with Gasteiger partial charge in [-0.25, -0.2) is 0 Å². The molecule has 0 aliphatic carbocycles. The van der Waals surface area contributed by atoms with Gasteiger partial charge in [0.05, 0.1) is 6.54 Å². The molecule has 0 saturated heterocycles. The number of primary amides is 1. The van der Waals surface area contributed by atoms with Crippen LogP contribution in [0.5, 0.6) is 0 Å². The number of carbonyl (C=O) groups excluding carboxylic acids is 2. The van der Waals surface area contributed by atoms with Gasteiger partial charge in [0, 0.05) is 24.3 Å². The molecule has 2 amide bonds. The molecule has 1 aromatic rings. The SMILES string of the molecule is NCCNC(=O)c1ccc(NCC(N)=O)cc1. The number of rotatable bonds is 6. The summed E-state index contributed by atoms with van der Waals surface area (Å²) in [6, 6.07) is 6.74. The second-order valence-electron chi connectivity index (χ2n) is 3.44. The third-order valence-electron chi connectivity index (χ3n) is 2.04. The van der Waals surface area contributed by atoms with Crippen LogP contribution in [0.1, 0.15) is 10.4 Å². The highest BCUT2D eigenvalue weighted by Gasteiger charge is 2.03. The minimum atomic E-state index is -0.435. The Bertz CT molecular complexity index is 389. The van der Waals surface area contributed by atoms with E-state index in [1.54, 1.807) is 24.3 Å². The molecule has 0 unspecified atom stereocenters. The Morgan fingerprint density at radius 1 is 1.18 bits per heavy atom.